The summed E-state index contributed by atoms with van der Waals surface area (Å²) in [6, 6.07) is 57.0. The van der Waals surface area contributed by atoms with Gasteiger partial charge < -0.3 is 0 Å². The van der Waals surface area contributed by atoms with E-state index in [9.17, 15) is 5.26 Å². The second kappa shape index (κ2) is 11.2. The number of hydrogen-bond donors (Lipinski definition) is 0. The first kappa shape index (κ1) is 27.1. The number of fused-ring (bicyclic) bond motifs is 3. The number of nitriles is 1. The third-order valence-electron chi connectivity index (χ3n) is 8.79. The van der Waals surface area contributed by atoms with Crippen molar-refractivity contribution in [1.29, 1.82) is 5.26 Å². The van der Waals surface area contributed by atoms with Gasteiger partial charge in [-0.05, 0) is 98.0 Å². The van der Waals surface area contributed by atoms with Crippen LogP contribution in [-0.4, -0.2) is 0 Å². The third-order valence-corrected chi connectivity index (χ3v) is 8.79. The van der Waals surface area contributed by atoms with Gasteiger partial charge in [-0.15, -0.1) is 0 Å². The molecular formula is C43H31N. The zero-order chi connectivity index (χ0) is 30.1. The molecule has 0 heterocycles. The predicted octanol–water partition coefficient (Wildman–Crippen LogP) is 10.9. The molecule has 0 radical (unpaired) electrons. The highest BCUT2D eigenvalue weighted by atomic mass is 14.5. The summed E-state index contributed by atoms with van der Waals surface area (Å²) in [6.45, 7) is 6.04. The number of rotatable bonds is 6. The molecule has 0 saturated heterocycles. The van der Waals surface area contributed by atoms with Crippen LogP contribution < -0.4 is 0 Å². The van der Waals surface area contributed by atoms with E-state index in [4.69, 9.17) is 0 Å². The normalized spacial score (nSPS) is 13.0. The van der Waals surface area contributed by atoms with Gasteiger partial charge in [-0.1, -0.05) is 140 Å². The van der Waals surface area contributed by atoms with Crippen LogP contribution in [0.5, 0.6) is 0 Å². The lowest BCUT2D eigenvalue weighted by atomic mass is 9.67. The highest BCUT2D eigenvalue weighted by Gasteiger charge is 2.46. The minimum absolute atomic E-state index is 0.448. The maximum Gasteiger partial charge on any atom is 0.0944 e. The van der Waals surface area contributed by atoms with Crippen LogP contribution >= 0.6 is 0 Å². The molecule has 44 heavy (non-hydrogen) atoms. The molecule has 0 unspecified atom stereocenters. The van der Waals surface area contributed by atoms with Gasteiger partial charge >= 0.3 is 0 Å². The van der Waals surface area contributed by atoms with E-state index in [2.05, 4.69) is 164 Å². The molecule has 1 aliphatic rings. The summed E-state index contributed by atoms with van der Waals surface area (Å²) in [5.41, 5.74) is 14.3. The average Bonchev–Trinajstić information content (AvgIpc) is 3.39. The molecule has 0 aromatic heterocycles. The molecule has 0 amide bonds. The Kier molecular flexibility index (Phi) is 6.89. The molecule has 0 saturated carbocycles. The van der Waals surface area contributed by atoms with Gasteiger partial charge in [0, 0.05) is 5.57 Å². The van der Waals surface area contributed by atoms with Crippen molar-refractivity contribution in [3.05, 3.63) is 198 Å². The van der Waals surface area contributed by atoms with Crippen LogP contribution in [0.25, 0.3) is 39.0 Å². The van der Waals surface area contributed by atoms with Crippen LogP contribution in [0, 0.1) is 11.3 Å². The lowest BCUT2D eigenvalue weighted by Crippen LogP contribution is -2.28. The highest BCUT2D eigenvalue weighted by molar-refractivity contribution is 5.91. The van der Waals surface area contributed by atoms with Crippen molar-refractivity contribution >= 4 is 5.57 Å². The Morgan fingerprint density at radius 2 is 1.05 bits per heavy atom. The fourth-order valence-corrected chi connectivity index (χ4v) is 6.76. The van der Waals surface area contributed by atoms with Crippen LogP contribution in [0.1, 0.15) is 34.7 Å². The SMILES string of the molecule is C=C(/C=C(\C)C#N)c1cccc(-c2ccc3c(c2)-c2cc(-c4ccccc4)ccc2C3(c2ccccc2)c2ccccc2)c1. The van der Waals surface area contributed by atoms with Gasteiger partial charge in [-0.25, -0.2) is 0 Å². The zero-order valence-electron chi connectivity index (χ0n) is 24.7. The van der Waals surface area contributed by atoms with Crippen LogP contribution in [-0.2, 0) is 5.41 Å². The van der Waals surface area contributed by atoms with Gasteiger partial charge in [0.1, 0.15) is 0 Å². The highest BCUT2D eigenvalue weighted by Crippen LogP contribution is 2.57. The molecule has 6 aromatic carbocycles. The van der Waals surface area contributed by atoms with E-state index in [-0.39, 0.29) is 0 Å². The maximum atomic E-state index is 9.27. The van der Waals surface area contributed by atoms with E-state index >= 15 is 0 Å². The molecule has 0 aliphatic heterocycles. The van der Waals surface area contributed by atoms with Crippen molar-refractivity contribution in [1.82, 2.24) is 0 Å². The van der Waals surface area contributed by atoms with Gasteiger partial charge in [0.2, 0.25) is 0 Å². The molecule has 7 rings (SSSR count). The van der Waals surface area contributed by atoms with E-state index in [0.717, 1.165) is 22.3 Å². The van der Waals surface area contributed by atoms with E-state index in [1.54, 1.807) is 0 Å². The maximum absolute atomic E-state index is 9.27. The second-order valence-electron chi connectivity index (χ2n) is 11.4. The minimum atomic E-state index is -0.448. The first-order valence-electron chi connectivity index (χ1n) is 14.9. The summed E-state index contributed by atoms with van der Waals surface area (Å²) in [5, 5.41) is 9.27. The first-order chi connectivity index (χ1) is 21.6. The van der Waals surface area contributed by atoms with Crippen molar-refractivity contribution in [3.8, 4) is 39.4 Å². The van der Waals surface area contributed by atoms with Crippen molar-refractivity contribution in [2.24, 2.45) is 0 Å². The predicted molar refractivity (Wildman–Crippen MR) is 183 cm³/mol. The zero-order valence-corrected chi connectivity index (χ0v) is 24.7. The van der Waals surface area contributed by atoms with E-state index < -0.39 is 5.41 Å². The van der Waals surface area contributed by atoms with E-state index in [1.165, 1.54) is 44.5 Å². The summed E-state index contributed by atoms with van der Waals surface area (Å²) in [4.78, 5) is 0. The van der Waals surface area contributed by atoms with E-state index in [1.807, 2.05) is 13.0 Å². The first-order valence-corrected chi connectivity index (χ1v) is 14.9. The topological polar surface area (TPSA) is 23.8 Å². The number of benzene rings is 6. The molecule has 208 valence electrons. The lowest BCUT2D eigenvalue weighted by Gasteiger charge is -2.34. The smallest absolute Gasteiger partial charge is 0.0944 e. The van der Waals surface area contributed by atoms with Crippen LogP contribution in [0.3, 0.4) is 0 Å². The quantitative estimate of drug-likeness (QED) is 0.146. The third kappa shape index (κ3) is 4.49. The molecule has 1 nitrogen and oxygen atoms in total. The molecule has 0 atom stereocenters. The van der Waals surface area contributed by atoms with Crippen molar-refractivity contribution in [2.75, 3.05) is 0 Å². The number of allylic oxidation sites excluding steroid dienone is 3. The summed E-state index contributed by atoms with van der Waals surface area (Å²) < 4.78 is 0. The molecule has 0 fully saturated rings. The summed E-state index contributed by atoms with van der Waals surface area (Å²) in [5.74, 6) is 0. The standard InChI is InChI=1S/C43H31N/c1-30(29-44)25-31(2)33-15-12-16-34(26-33)36-22-24-42-40(28-36)39-27-35(32-13-6-3-7-14-32)21-23-41(39)43(42,37-17-8-4-9-18-37)38-19-10-5-11-20-38/h3-28H,2H2,1H3/b30-25+. The van der Waals surface area contributed by atoms with Gasteiger partial charge in [0.25, 0.3) is 0 Å². The molecule has 0 bridgehead atoms. The number of hydrogen-bond acceptors (Lipinski definition) is 1. The van der Waals surface area contributed by atoms with Crippen LogP contribution in [0.2, 0.25) is 0 Å². The Labute approximate surface area is 259 Å². The lowest BCUT2D eigenvalue weighted by molar-refractivity contribution is 0.768. The van der Waals surface area contributed by atoms with E-state index in [0.29, 0.717) is 5.57 Å². The molecular weight excluding hydrogens is 530 g/mol. The van der Waals surface area contributed by atoms with Crippen LogP contribution in [0.15, 0.2) is 170 Å². The fraction of sp³-hybridized carbons (Fsp3) is 0.0465. The molecule has 0 N–H and O–H groups in total. The summed E-state index contributed by atoms with van der Waals surface area (Å²) in [7, 11) is 0. The number of nitrogens with zero attached hydrogens (tertiary/aromatic N) is 1. The largest absolute Gasteiger partial charge is 0.193 e. The minimum Gasteiger partial charge on any atom is -0.193 e. The van der Waals surface area contributed by atoms with Crippen LogP contribution in [0.4, 0.5) is 0 Å². The van der Waals surface area contributed by atoms with Crippen molar-refractivity contribution < 1.29 is 0 Å². The van der Waals surface area contributed by atoms with Crippen molar-refractivity contribution in [2.45, 2.75) is 12.3 Å². The van der Waals surface area contributed by atoms with Gasteiger partial charge in [0.05, 0.1) is 11.5 Å². The Morgan fingerprint density at radius 1 is 0.568 bits per heavy atom. The summed E-state index contributed by atoms with van der Waals surface area (Å²) in [6.07, 6.45) is 1.84. The summed E-state index contributed by atoms with van der Waals surface area (Å²) >= 11 is 0. The molecule has 1 heteroatoms. The van der Waals surface area contributed by atoms with Crippen molar-refractivity contribution in [3.63, 3.8) is 0 Å². The van der Waals surface area contributed by atoms with Gasteiger partial charge in [-0.3, -0.25) is 0 Å². The Bertz CT molecular complexity index is 2040. The molecule has 6 aromatic rings. The molecule has 1 aliphatic carbocycles. The molecule has 0 spiro atoms. The average molecular weight is 562 g/mol. The second-order valence-corrected chi connectivity index (χ2v) is 11.4. The monoisotopic (exact) mass is 561 g/mol. The Morgan fingerprint density at radius 3 is 1.59 bits per heavy atom. The Hall–Kier alpha value is -5.71. The fourth-order valence-electron chi connectivity index (χ4n) is 6.76. The van der Waals surface area contributed by atoms with Gasteiger partial charge in [-0.2, -0.15) is 5.26 Å². The van der Waals surface area contributed by atoms with Gasteiger partial charge in [0.15, 0.2) is 0 Å². The Balaban J connectivity index is 1.48.